The van der Waals surface area contributed by atoms with Crippen molar-refractivity contribution in [2.24, 2.45) is 11.8 Å². The average molecular weight is 657 g/mol. The maximum Gasteiger partial charge on any atom is 0.310 e. The Morgan fingerprint density at radius 3 is 2.35 bits per heavy atom. The molecule has 5 heterocycles. The van der Waals surface area contributed by atoms with E-state index in [4.69, 9.17) is 42.6 Å². The number of aromatic hydroxyl groups is 1. The van der Waals surface area contributed by atoms with Gasteiger partial charge in [-0.2, -0.15) is 0 Å². The smallest absolute Gasteiger partial charge is 0.310 e. The molecule has 0 unspecified atom stereocenters. The molecule has 14 heteroatoms. The summed E-state index contributed by atoms with van der Waals surface area (Å²) in [5, 5.41) is 35.0. The Labute approximate surface area is 267 Å². The molecule has 3 fully saturated rings. The van der Waals surface area contributed by atoms with Crippen molar-refractivity contribution in [3.8, 4) is 28.7 Å². The van der Waals surface area contributed by atoms with Crippen molar-refractivity contribution in [1.29, 1.82) is 0 Å². The molecule has 0 saturated carbocycles. The van der Waals surface area contributed by atoms with E-state index in [-0.39, 0.29) is 37.3 Å². The van der Waals surface area contributed by atoms with Crippen LogP contribution in [0.3, 0.4) is 0 Å². The van der Waals surface area contributed by atoms with Gasteiger partial charge in [-0.05, 0) is 52.4 Å². The lowest BCUT2D eigenvalue weighted by Gasteiger charge is -2.48. The minimum absolute atomic E-state index is 0.0242. The second kappa shape index (κ2) is 11.6. The molecular formula is C32H32O13S. The van der Waals surface area contributed by atoms with Gasteiger partial charge in [0.1, 0.15) is 24.4 Å². The van der Waals surface area contributed by atoms with Crippen molar-refractivity contribution in [1.82, 2.24) is 0 Å². The monoisotopic (exact) mass is 656 g/mol. The predicted molar refractivity (Wildman–Crippen MR) is 156 cm³/mol. The highest BCUT2D eigenvalue weighted by Gasteiger charge is 2.56. The van der Waals surface area contributed by atoms with Crippen LogP contribution in [0, 0.1) is 11.8 Å². The second-order valence-electron chi connectivity index (χ2n) is 11.8. The van der Waals surface area contributed by atoms with Crippen molar-refractivity contribution >= 4 is 17.3 Å². The zero-order valence-corrected chi connectivity index (χ0v) is 25.6. The summed E-state index contributed by atoms with van der Waals surface area (Å²) in [5.41, 5.74) is 2.00. The molecule has 1 aromatic heterocycles. The SMILES string of the molecule is COc1cc([C@@H]2c3cc4c(cc3[C@@H](O[C@@H]3O[C@@H]5CO[C@H](c6cccs6)O[C@H]5[C@H](O)[C@H]3O)[C@H]3COC(=O)[C@H]23)OCO4)cc(OC)c1O. The predicted octanol–water partition coefficient (Wildman–Crippen LogP) is 2.75. The second-order valence-corrected chi connectivity index (χ2v) is 12.7. The Hall–Kier alpha value is -3.63. The van der Waals surface area contributed by atoms with E-state index in [0.717, 1.165) is 4.88 Å². The van der Waals surface area contributed by atoms with Crippen LogP contribution in [0.15, 0.2) is 41.8 Å². The van der Waals surface area contributed by atoms with Crippen molar-refractivity contribution < 1.29 is 62.7 Å². The van der Waals surface area contributed by atoms with Crippen LogP contribution in [-0.4, -0.2) is 86.2 Å². The van der Waals surface area contributed by atoms with Gasteiger partial charge < -0.3 is 58.0 Å². The Morgan fingerprint density at radius 1 is 0.913 bits per heavy atom. The maximum atomic E-state index is 13.5. The van der Waals surface area contributed by atoms with E-state index in [0.29, 0.717) is 28.2 Å². The van der Waals surface area contributed by atoms with Gasteiger partial charge in [-0.3, -0.25) is 4.79 Å². The van der Waals surface area contributed by atoms with Crippen LogP contribution >= 0.6 is 11.3 Å². The van der Waals surface area contributed by atoms with Gasteiger partial charge in [-0.25, -0.2) is 0 Å². The number of phenolic OH excluding ortho intramolecular Hbond substituents is 1. The first-order valence-corrected chi connectivity index (χ1v) is 15.8. The van der Waals surface area contributed by atoms with E-state index in [1.807, 2.05) is 23.6 Å². The summed E-state index contributed by atoms with van der Waals surface area (Å²) >= 11 is 1.46. The van der Waals surface area contributed by atoms with Crippen LogP contribution in [0.4, 0.5) is 0 Å². The van der Waals surface area contributed by atoms with Crippen LogP contribution in [0.1, 0.15) is 39.9 Å². The molecule has 46 heavy (non-hydrogen) atoms. The van der Waals surface area contributed by atoms with Gasteiger partial charge in [0.15, 0.2) is 35.6 Å². The molecule has 8 rings (SSSR count). The third kappa shape index (κ3) is 4.70. The van der Waals surface area contributed by atoms with Gasteiger partial charge in [-0.15, -0.1) is 11.3 Å². The number of thiophene rings is 1. The summed E-state index contributed by atoms with van der Waals surface area (Å²) in [6.07, 6.45) is -7.16. The van der Waals surface area contributed by atoms with E-state index >= 15 is 0 Å². The molecule has 0 spiro atoms. The highest BCUT2D eigenvalue weighted by molar-refractivity contribution is 7.10. The van der Waals surface area contributed by atoms with E-state index in [1.165, 1.54) is 25.6 Å². The number of methoxy groups -OCH3 is 2. The normalized spacial score (nSPS) is 34.3. The molecule has 2 aromatic carbocycles. The van der Waals surface area contributed by atoms with Crippen LogP contribution in [0.2, 0.25) is 0 Å². The fraction of sp³-hybridized carbons (Fsp3) is 0.469. The lowest BCUT2D eigenvalue weighted by atomic mass is 9.66. The zero-order chi connectivity index (χ0) is 31.7. The number of esters is 1. The minimum Gasteiger partial charge on any atom is -0.502 e. The van der Waals surface area contributed by atoms with Crippen molar-refractivity contribution in [2.45, 2.75) is 49.0 Å². The number of benzene rings is 2. The molecule has 244 valence electrons. The fourth-order valence-electron chi connectivity index (χ4n) is 7.18. The zero-order valence-electron chi connectivity index (χ0n) is 24.8. The molecule has 0 radical (unpaired) electrons. The number of rotatable bonds is 6. The third-order valence-electron chi connectivity index (χ3n) is 9.37. The van der Waals surface area contributed by atoms with Crippen LogP contribution in [0.25, 0.3) is 0 Å². The van der Waals surface area contributed by atoms with E-state index in [2.05, 4.69) is 0 Å². The standard InChI is InChI=1S/C32H32O13S/c1-37-19-6-13(7-20(38-2)25(19)33)23-14-8-17-18(42-12-41-17)9-15(14)28(16-10-39-30(36)24(16)23)44-32-27(35)26(34)29-21(43-32)11-40-31(45-29)22-4-3-5-46-22/h3-9,16,21,23-24,26-29,31-35H,10-12H2,1-2H3/t16-,21+,23+,24-,26+,27+,28+,29+,31-,32-/m0/s1. The van der Waals surface area contributed by atoms with Crippen molar-refractivity contribution in [3.63, 3.8) is 0 Å². The van der Waals surface area contributed by atoms with Gasteiger partial charge >= 0.3 is 5.97 Å². The molecule has 0 bridgehead atoms. The van der Waals surface area contributed by atoms with E-state index < -0.39 is 66.8 Å². The summed E-state index contributed by atoms with van der Waals surface area (Å²) in [4.78, 5) is 14.3. The molecule has 0 amide bonds. The number of aliphatic hydroxyl groups is 2. The number of carbonyl (C=O) groups excluding carboxylic acids is 1. The van der Waals surface area contributed by atoms with Crippen LogP contribution in [-0.2, 0) is 28.5 Å². The molecule has 10 atom stereocenters. The summed E-state index contributed by atoms with van der Waals surface area (Å²) < 4.78 is 52.6. The number of carbonyl (C=O) groups is 1. The largest absolute Gasteiger partial charge is 0.502 e. The maximum absolute atomic E-state index is 13.5. The van der Waals surface area contributed by atoms with Gasteiger partial charge in [0, 0.05) is 11.8 Å². The first-order valence-electron chi connectivity index (χ1n) is 14.9. The van der Waals surface area contributed by atoms with Gasteiger partial charge in [0.25, 0.3) is 0 Å². The first kappa shape index (κ1) is 29.8. The molecule has 13 nitrogen and oxygen atoms in total. The Kier molecular flexibility index (Phi) is 7.48. The number of ether oxygens (including phenoxy) is 9. The molecule has 3 saturated heterocycles. The van der Waals surface area contributed by atoms with E-state index in [1.54, 1.807) is 18.2 Å². The average Bonchev–Trinajstić information content (AvgIpc) is 3.85. The Morgan fingerprint density at radius 2 is 1.65 bits per heavy atom. The number of hydrogen-bond acceptors (Lipinski definition) is 14. The Bertz CT molecular complexity index is 1600. The molecular weight excluding hydrogens is 624 g/mol. The topological polar surface area (TPSA) is 161 Å². The van der Waals surface area contributed by atoms with Crippen LogP contribution < -0.4 is 18.9 Å². The third-order valence-corrected chi connectivity index (χ3v) is 10.3. The van der Waals surface area contributed by atoms with Crippen molar-refractivity contribution in [3.05, 3.63) is 63.3 Å². The van der Waals surface area contributed by atoms with Gasteiger partial charge in [0.05, 0.1) is 44.3 Å². The summed E-state index contributed by atoms with van der Waals surface area (Å²) in [6.45, 7) is 0.171. The molecule has 3 N–H and O–H groups in total. The summed E-state index contributed by atoms with van der Waals surface area (Å²) in [6, 6.07) is 10.7. The molecule has 3 aromatic rings. The van der Waals surface area contributed by atoms with Crippen LogP contribution in [0.5, 0.6) is 28.7 Å². The quantitative estimate of drug-likeness (QED) is 0.333. The summed E-state index contributed by atoms with van der Waals surface area (Å²) in [5.74, 6) is -1.08. The lowest BCUT2D eigenvalue weighted by molar-refractivity contribution is -0.368. The van der Waals surface area contributed by atoms with E-state index in [9.17, 15) is 20.1 Å². The number of phenols is 1. The first-order chi connectivity index (χ1) is 22.4. The number of aliphatic hydroxyl groups excluding tert-OH is 2. The van der Waals surface area contributed by atoms with Gasteiger partial charge in [-0.1, -0.05) is 6.07 Å². The fourth-order valence-corrected chi connectivity index (χ4v) is 7.89. The van der Waals surface area contributed by atoms with Gasteiger partial charge in [0.2, 0.25) is 12.5 Å². The Balaban J connectivity index is 1.16. The highest BCUT2D eigenvalue weighted by Crippen LogP contribution is 2.57. The highest BCUT2D eigenvalue weighted by atomic mass is 32.1. The summed E-state index contributed by atoms with van der Waals surface area (Å²) in [7, 11) is 2.86. The number of cyclic esters (lactones) is 1. The molecule has 4 aliphatic heterocycles. The molecule has 1 aliphatic carbocycles. The lowest BCUT2D eigenvalue weighted by Crippen LogP contribution is -2.62. The number of hydrogen-bond donors (Lipinski definition) is 3. The van der Waals surface area contributed by atoms with Crippen molar-refractivity contribution in [2.75, 3.05) is 34.2 Å². The number of fused-ring (bicyclic) bond motifs is 4. The minimum atomic E-state index is -1.47. The molecule has 5 aliphatic rings.